The second-order valence-corrected chi connectivity index (χ2v) is 7.39. The SMILES string of the molecule is O=C(O)c1ccc(-c2ccc(-c3ccc(C(=O)O)c(C(=O)O)c3)c3nsnc23)cc1C(=O)O. The number of fused-ring (bicyclic) bond motifs is 1. The van der Waals surface area contributed by atoms with Crippen LogP contribution in [-0.4, -0.2) is 53.1 Å². The van der Waals surface area contributed by atoms with Gasteiger partial charge in [-0.3, -0.25) is 0 Å². The van der Waals surface area contributed by atoms with Crippen LogP contribution in [-0.2, 0) is 0 Å². The van der Waals surface area contributed by atoms with Crippen molar-refractivity contribution in [3.63, 3.8) is 0 Å². The lowest BCUT2D eigenvalue weighted by molar-refractivity contribution is 0.0651. The molecule has 33 heavy (non-hydrogen) atoms. The number of carbonyl (C=O) groups is 4. The number of rotatable bonds is 6. The molecule has 0 radical (unpaired) electrons. The molecule has 0 aliphatic carbocycles. The number of nitrogens with zero attached hydrogens (tertiary/aromatic N) is 2. The summed E-state index contributed by atoms with van der Waals surface area (Å²) in [7, 11) is 0. The van der Waals surface area contributed by atoms with Crippen molar-refractivity contribution in [3.05, 3.63) is 70.8 Å². The number of carboxylic acids is 4. The zero-order chi connectivity index (χ0) is 23.9. The van der Waals surface area contributed by atoms with Crippen LogP contribution in [0.4, 0.5) is 0 Å². The molecule has 0 spiro atoms. The van der Waals surface area contributed by atoms with E-state index in [1.54, 1.807) is 12.1 Å². The second kappa shape index (κ2) is 8.13. The van der Waals surface area contributed by atoms with Gasteiger partial charge in [0.05, 0.1) is 34.0 Å². The highest BCUT2D eigenvalue weighted by Crippen LogP contribution is 2.36. The fraction of sp³-hybridized carbons (Fsp3) is 0. The lowest BCUT2D eigenvalue weighted by Crippen LogP contribution is -2.08. The lowest BCUT2D eigenvalue weighted by atomic mass is 9.94. The Balaban J connectivity index is 1.89. The number of carboxylic acid groups (broad SMARTS) is 4. The van der Waals surface area contributed by atoms with E-state index in [1.165, 1.54) is 36.4 Å². The molecule has 0 atom stereocenters. The molecule has 0 saturated heterocycles. The number of aromatic carboxylic acids is 4. The molecule has 0 bridgehead atoms. The Labute approximate surface area is 188 Å². The van der Waals surface area contributed by atoms with E-state index < -0.39 is 23.9 Å². The first-order chi connectivity index (χ1) is 15.7. The largest absolute Gasteiger partial charge is 0.478 e. The third-order valence-electron chi connectivity index (χ3n) is 5.00. The predicted octanol–water partition coefficient (Wildman–Crippen LogP) is 3.82. The maximum atomic E-state index is 11.5. The van der Waals surface area contributed by atoms with Gasteiger partial charge in [0.25, 0.3) is 0 Å². The summed E-state index contributed by atoms with van der Waals surface area (Å²) in [6, 6.07) is 11.1. The van der Waals surface area contributed by atoms with Gasteiger partial charge in [-0.05, 0) is 35.4 Å². The molecule has 0 saturated carbocycles. The van der Waals surface area contributed by atoms with E-state index in [0.29, 0.717) is 33.3 Å². The second-order valence-electron chi connectivity index (χ2n) is 6.86. The van der Waals surface area contributed by atoms with Crippen LogP contribution in [0.2, 0.25) is 0 Å². The molecule has 0 fully saturated rings. The van der Waals surface area contributed by atoms with Crippen molar-refractivity contribution in [1.29, 1.82) is 0 Å². The van der Waals surface area contributed by atoms with E-state index in [-0.39, 0.29) is 22.3 Å². The number of benzene rings is 3. The molecule has 4 N–H and O–H groups in total. The van der Waals surface area contributed by atoms with Crippen molar-refractivity contribution in [2.24, 2.45) is 0 Å². The number of aromatic nitrogens is 2. The molecule has 3 aromatic carbocycles. The van der Waals surface area contributed by atoms with Gasteiger partial charge in [-0.25, -0.2) is 19.2 Å². The normalized spacial score (nSPS) is 10.8. The number of hydrogen-bond donors (Lipinski definition) is 4. The van der Waals surface area contributed by atoms with Gasteiger partial charge >= 0.3 is 23.9 Å². The molecule has 11 heteroatoms. The van der Waals surface area contributed by atoms with Crippen LogP contribution >= 0.6 is 11.7 Å². The molecule has 164 valence electrons. The van der Waals surface area contributed by atoms with E-state index in [0.717, 1.165) is 11.7 Å². The Morgan fingerprint density at radius 2 is 0.909 bits per heavy atom. The maximum absolute atomic E-state index is 11.5. The Kier molecular flexibility index (Phi) is 5.32. The summed E-state index contributed by atoms with van der Waals surface area (Å²) in [6.07, 6.45) is 0. The summed E-state index contributed by atoms with van der Waals surface area (Å²) in [5.74, 6) is -5.51. The van der Waals surface area contributed by atoms with Gasteiger partial charge < -0.3 is 20.4 Å². The van der Waals surface area contributed by atoms with Gasteiger partial charge in [0.15, 0.2) is 0 Å². The van der Waals surface area contributed by atoms with Gasteiger partial charge in [-0.1, -0.05) is 24.3 Å². The van der Waals surface area contributed by atoms with Crippen molar-refractivity contribution in [1.82, 2.24) is 8.75 Å². The van der Waals surface area contributed by atoms with Crippen LogP contribution in [0, 0.1) is 0 Å². The molecule has 4 aromatic rings. The van der Waals surface area contributed by atoms with Crippen LogP contribution in [0.15, 0.2) is 48.5 Å². The third-order valence-corrected chi connectivity index (χ3v) is 5.53. The molecule has 0 unspecified atom stereocenters. The van der Waals surface area contributed by atoms with Crippen LogP contribution in [0.25, 0.3) is 33.3 Å². The topological polar surface area (TPSA) is 175 Å². The molecule has 1 heterocycles. The first-order valence-electron chi connectivity index (χ1n) is 9.16. The molecular weight excluding hydrogens is 452 g/mol. The minimum Gasteiger partial charge on any atom is -0.478 e. The van der Waals surface area contributed by atoms with Crippen molar-refractivity contribution in [3.8, 4) is 22.3 Å². The molecule has 1 aromatic heterocycles. The zero-order valence-electron chi connectivity index (χ0n) is 16.3. The summed E-state index contributed by atoms with van der Waals surface area (Å²) in [4.78, 5) is 45.7. The minimum absolute atomic E-state index is 0.352. The van der Waals surface area contributed by atoms with E-state index >= 15 is 0 Å². The quantitative estimate of drug-likeness (QED) is 0.328. The summed E-state index contributed by atoms with van der Waals surface area (Å²) in [6.45, 7) is 0. The minimum atomic E-state index is -1.39. The fourth-order valence-electron chi connectivity index (χ4n) is 3.48. The van der Waals surface area contributed by atoms with E-state index in [4.69, 9.17) is 0 Å². The van der Waals surface area contributed by atoms with Crippen LogP contribution in [0.1, 0.15) is 41.4 Å². The van der Waals surface area contributed by atoms with Crippen molar-refractivity contribution < 1.29 is 39.6 Å². The first kappa shape index (κ1) is 21.6. The summed E-state index contributed by atoms with van der Waals surface area (Å²) in [5, 5.41) is 37.3. The Morgan fingerprint density at radius 3 is 1.24 bits per heavy atom. The molecular formula is C22H12N2O8S. The third kappa shape index (κ3) is 3.77. The summed E-state index contributed by atoms with van der Waals surface area (Å²) in [5.41, 5.74) is 1.16. The Bertz CT molecular complexity index is 1380. The van der Waals surface area contributed by atoms with Crippen molar-refractivity contribution >= 4 is 46.6 Å². The molecule has 0 aliphatic rings. The Hall–Kier alpha value is -4.64. The highest BCUT2D eigenvalue weighted by molar-refractivity contribution is 7.00. The smallest absolute Gasteiger partial charge is 0.336 e. The van der Waals surface area contributed by atoms with Gasteiger partial charge in [0.2, 0.25) is 0 Å². The zero-order valence-corrected chi connectivity index (χ0v) is 17.2. The standard InChI is InChI=1S/C22H12N2O8S/c25-19(26)13-3-1-9(7-15(13)21(29)30)11-5-6-12(18-17(11)23-33-24-18)10-2-4-14(20(27)28)16(8-10)22(31)32/h1-8H,(H,25,26)(H,27,28)(H,29,30)(H,31,32). The lowest BCUT2D eigenvalue weighted by Gasteiger charge is -2.10. The van der Waals surface area contributed by atoms with E-state index in [9.17, 15) is 39.6 Å². The summed E-state index contributed by atoms with van der Waals surface area (Å²) >= 11 is 0.887. The van der Waals surface area contributed by atoms with Crippen molar-refractivity contribution in [2.45, 2.75) is 0 Å². The van der Waals surface area contributed by atoms with Gasteiger partial charge in [-0.2, -0.15) is 8.75 Å². The molecule has 10 nitrogen and oxygen atoms in total. The van der Waals surface area contributed by atoms with Gasteiger partial charge in [0.1, 0.15) is 11.0 Å². The van der Waals surface area contributed by atoms with Gasteiger partial charge in [0, 0.05) is 11.1 Å². The highest BCUT2D eigenvalue weighted by Gasteiger charge is 2.21. The fourth-order valence-corrected chi connectivity index (χ4v) is 4.06. The highest BCUT2D eigenvalue weighted by atomic mass is 32.1. The van der Waals surface area contributed by atoms with Crippen molar-refractivity contribution in [2.75, 3.05) is 0 Å². The average Bonchev–Trinajstić information content (AvgIpc) is 3.27. The monoisotopic (exact) mass is 464 g/mol. The molecule has 0 aliphatic heterocycles. The van der Waals surface area contributed by atoms with E-state index in [2.05, 4.69) is 8.75 Å². The average molecular weight is 464 g/mol. The first-order valence-corrected chi connectivity index (χ1v) is 9.89. The molecule has 4 rings (SSSR count). The predicted molar refractivity (Wildman–Crippen MR) is 116 cm³/mol. The Morgan fingerprint density at radius 1 is 0.545 bits per heavy atom. The van der Waals surface area contributed by atoms with Crippen LogP contribution in [0.5, 0.6) is 0 Å². The van der Waals surface area contributed by atoms with Crippen LogP contribution < -0.4 is 0 Å². The summed E-state index contributed by atoms with van der Waals surface area (Å²) < 4.78 is 8.55. The number of hydrogen-bond acceptors (Lipinski definition) is 7. The van der Waals surface area contributed by atoms with Gasteiger partial charge in [-0.15, -0.1) is 0 Å². The van der Waals surface area contributed by atoms with E-state index in [1.807, 2.05) is 0 Å². The van der Waals surface area contributed by atoms with Crippen LogP contribution in [0.3, 0.4) is 0 Å². The maximum Gasteiger partial charge on any atom is 0.336 e. The molecule has 0 amide bonds.